The standard InChI is InChI=1S/C10H17N3O3/c1-2-3-4-15-5-6-16-10(14)9-8(11)7-12-13-9/h7H,2-6,11H2,1H3,(H,12,13). The van der Waals surface area contributed by atoms with Gasteiger partial charge in [-0.2, -0.15) is 5.10 Å². The summed E-state index contributed by atoms with van der Waals surface area (Å²) in [6.45, 7) is 3.41. The van der Waals surface area contributed by atoms with Gasteiger partial charge in [0.25, 0.3) is 0 Å². The number of nitrogens with zero attached hydrogens (tertiary/aromatic N) is 1. The second-order valence-electron chi connectivity index (χ2n) is 3.30. The predicted octanol–water partition coefficient (Wildman–Crippen LogP) is 0.965. The van der Waals surface area contributed by atoms with Crippen molar-refractivity contribution in [2.45, 2.75) is 19.8 Å². The van der Waals surface area contributed by atoms with Crippen LogP contribution in [0.2, 0.25) is 0 Å². The summed E-state index contributed by atoms with van der Waals surface area (Å²) < 4.78 is 10.2. The maximum Gasteiger partial charge on any atom is 0.358 e. The number of carbonyl (C=O) groups excluding carboxylic acids is 1. The molecule has 90 valence electrons. The van der Waals surface area contributed by atoms with Crippen molar-refractivity contribution in [1.82, 2.24) is 10.2 Å². The molecule has 0 saturated carbocycles. The quantitative estimate of drug-likeness (QED) is 0.535. The number of aromatic nitrogens is 2. The summed E-state index contributed by atoms with van der Waals surface area (Å²) in [7, 11) is 0. The van der Waals surface area contributed by atoms with Gasteiger partial charge in [0, 0.05) is 6.61 Å². The fourth-order valence-electron chi connectivity index (χ4n) is 1.07. The molecule has 3 N–H and O–H groups in total. The number of anilines is 1. The van der Waals surface area contributed by atoms with Crippen LogP contribution < -0.4 is 5.73 Å². The lowest BCUT2D eigenvalue weighted by Gasteiger charge is -2.04. The number of hydrogen-bond acceptors (Lipinski definition) is 5. The number of nitrogen functional groups attached to an aromatic ring is 1. The number of esters is 1. The monoisotopic (exact) mass is 227 g/mol. The molecule has 16 heavy (non-hydrogen) atoms. The summed E-state index contributed by atoms with van der Waals surface area (Å²) in [5.41, 5.74) is 5.96. The molecule has 0 unspecified atom stereocenters. The number of ether oxygens (including phenoxy) is 2. The summed E-state index contributed by atoms with van der Waals surface area (Å²) in [6.07, 6.45) is 3.47. The van der Waals surface area contributed by atoms with E-state index in [4.69, 9.17) is 15.2 Å². The van der Waals surface area contributed by atoms with Gasteiger partial charge in [-0.25, -0.2) is 4.79 Å². The third kappa shape index (κ3) is 3.90. The number of nitrogens with one attached hydrogen (secondary N) is 1. The van der Waals surface area contributed by atoms with E-state index in [0.717, 1.165) is 12.8 Å². The molecule has 6 heteroatoms. The van der Waals surface area contributed by atoms with Crippen LogP contribution in [0.1, 0.15) is 30.3 Å². The Bertz CT molecular complexity index is 325. The van der Waals surface area contributed by atoms with Crippen LogP contribution in [-0.4, -0.2) is 36.0 Å². The van der Waals surface area contributed by atoms with E-state index in [0.29, 0.717) is 13.2 Å². The Hall–Kier alpha value is -1.56. The zero-order valence-electron chi connectivity index (χ0n) is 9.36. The summed E-state index contributed by atoms with van der Waals surface area (Å²) in [5.74, 6) is -0.505. The first-order chi connectivity index (χ1) is 7.75. The van der Waals surface area contributed by atoms with E-state index in [1.165, 1.54) is 6.20 Å². The zero-order chi connectivity index (χ0) is 11.8. The minimum absolute atomic E-state index is 0.188. The molecule has 0 saturated heterocycles. The van der Waals surface area contributed by atoms with Gasteiger partial charge in [-0.1, -0.05) is 13.3 Å². The van der Waals surface area contributed by atoms with Crippen LogP contribution in [0.3, 0.4) is 0 Å². The molecule has 0 amide bonds. The van der Waals surface area contributed by atoms with Crippen molar-refractivity contribution in [2.75, 3.05) is 25.6 Å². The van der Waals surface area contributed by atoms with Gasteiger partial charge in [0.15, 0.2) is 5.69 Å². The number of rotatable bonds is 7. The lowest BCUT2D eigenvalue weighted by Crippen LogP contribution is -2.12. The molecule has 0 aromatic carbocycles. The molecule has 1 aromatic heterocycles. The normalized spacial score (nSPS) is 10.3. The number of unbranched alkanes of at least 4 members (excludes halogenated alkanes) is 1. The largest absolute Gasteiger partial charge is 0.458 e. The Balaban J connectivity index is 2.14. The van der Waals surface area contributed by atoms with Crippen LogP contribution in [0.4, 0.5) is 5.69 Å². The highest BCUT2D eigenvalue weighted by Crippen LogP contribution is 2.07. The number of H-pyrrole nitrogens is 1. The lowest BCUT2D eigenvalue weighted by atomic mass is 10.4. The Morgan fingerprint density at radius 2 is 2.31 bits per heavy atom. The molecule has 0 atom stereocenters. The van der Waals surface area contributed by atoms with Crippen LogP contribution in [0.15, 0.2) is 6.20 Å². The Morgan fingerprint density at radius 3 is 2.94 bits per heavy atom. The minimum atomic E-state index is -0.505. The van der Waals surface area contributed by atoms with Gasteiger partial charge < -0.3 is 15.2 Å². The van der Waals surface area contributed by atoms with Crippen molar-refractivity contribution in [2.24, 2.45) is 0 Å². The van der Waals surface area contributed by atoms with Crippen molar-refractivity contribution < 1.29 is 14.3 Å². The van der Waals surface area contributed by atoms with Crippen molar-refractivity contribution in [1.29, 1.82) is 0 Å². The van der Waals surface area contributed by atoms with Crippen LogP contribution in [0, 0.1) is 0 Å². The highest BCUT2D eigenvalue weighted by Gasteiger charge is 2.12. The summed E-state index contributed by atoms with van der Waals surface area (Å²) in [5, 5.41) is 6.11. The smallest absolute Gasteiger partial charge is 0.358 e. The van der Waals surface area contributed by atoms with Crippen LogP contribution in [0.5, 0.6) is 0 Å². The average molecular weight is 227 g/mol. The Morgan fingerprint density at radius 1 is 1.50 bits per heavy atom. The fourth-order valence-corrected chi connectivity index (χ4v) is 1.07. The van der Waals surface area contributed by atoms with Gasteiger partial charge in [0.1, 0.15) is 6.61 Å². The predicted molar refractivity (Wildman–Crippen MR) is 59.0 cm³/mol. The van der Waals surface area contributed by atoms with E-state index in [-0.39, 0.29) is 18.0 Å². The second kappa shape index (κ2) is 6.84. The number of aromatic amines is 1. The van der Waals surface area contributed by atoms with Crippen molar-refractivity contribution in [3.8, 4) is 0 Å². The number of nitrogens with two attached hydrogens (primary N) is 1. The highest BCUT2D eigenvalue weighted by molar-refractivity contribution is 5.92. The van der Waals surface area contributed by atoms with Crippen LogP contribution in [0.25, 0.3) is 0 Å². The summed E-state index contributed by atoms with van der Waals surface area (Å²) >= 11 is 0. The molecule has 0 fully saturated rings. The van der Waals surface area contributed by atoms with Crippen molar-refractivity contribution >= 4 is 11.7 Å². The van der Waals surface area contributed by atoms with E-state index in [1.54, 1.807) is 0 Å². The molecule has 0 spiro atoms. The number of carbonyl (C=O) groups is 1. The molecule has 0 aliphatic heterocycles. The first-order valence-corrected chi connectivity index (χ1v) is 5.29. The van der Waals surface area contributed by atoms with E-state index in [9.17, 15) is 4.79 Å². The summed E-state index contributed by atoms with van der Waals surface area (Å²) in [6, 6.07) is 0. The molecule has 1 aromatic rings. The van der Waals surface area contributed by atoms with Crippen molar-refractivity contribution in [3.05, 3.63) is 11.9 Å². The van der Waals surface area contributed by atoms with Gasteiger partial charge in [0.05, 0.1) is 18.5 Å². The SMILES string of the molecule is CCCCOCCOC(=O)c1[nH]ncc1N. The fraction of sp³-hybridized carbons (Fsp3) is 0.600. The van der Waals surface area contributed by atoms with Crippen LogP contribution in [-0.2, 0) is 9.47 Å². The second-order valence-corrected chi connectivity index (χ2v) is 3.30. The van der Waals surface area contributed by atoms with E-state index >= 15 is 0 Å². The third-order valence-electron chi connectivity index (χ3n) is 1.98. The lowest BCUT2D eigenvalue weighted by molar-refractivity contribution is 0.0309. The minimum Gasteiger partial charge on any atom is -0.458 e. The summed E-state index contributed by atoms with van der Waals surface area (Å²) in [4.78, 5) is 11.4. The zero-order valence-corrected chi connectivity index (χ0v) is 9.36. The molecule has 0 aliphatic rings. The molecule has 1 rings (SSSR count). The van der Waals surface area contributed by atoms with Gasteiger partial charge in [-0.15, -0.1) is 0 Å². The topological polar surface area (TPSA) is 90.2 Å². The first kappa shape index (κ1) is 12.5. The maximum absolute atomic E-state index is 11.4. The third-order valence-corrected chi connectivity index (χ3v) is 1.98. The van der Waals surface area contributed by atoms with Gasteiger partial charge in [-0.3, -0.25) is 5.10 Å². The Labute approximate surface area is 94.1 Å². The number of hydrogen-bond donors (Lipinski definition) is 2. The molecular formula is C10H17N3O3. The molecule has 0 aliphatic carbocycles. The van der Waals surface area contributed by atoms with Gasteiger partial charge >= 0.3 is 5.97 Å². The first-order valence-electron chi connectivity index (χ1n) is 5.29. The molecule has 6 nitrogen and oxygen atoms in total. The van der Waals surface area contributed by atoms with E-state index in [2.05, 4.69) is 17.1 Å². The Kier molecular flexibility index (Phi) is 5.35. The maximum atomic E-state index is 11.4. The average Bonchev–Trinajstić information content (AvgIpc) is 2.69. The molecule has 0 bridgehead atoms. The molecule has 0 radical (unpaired) electrons. The van der Waals surface area contributed by atoms with Gasteiger partial charge in [-0.05, 0) is 6.42 Å². The van der Waals surface area contributed by atoms with Crippen molar-refractivity contribution in [3.63, 3.8) is 0 Å². The van der Waals surface area contributed by atoms with Gasteiger partial charge in [0.2, 0.25) is 0 Å². The van der Waals surface area contributed by atoms with E-state index < -0.39 is 5.97 Å². The molecular weight excluding hydrogens is 210 g/mol. The molecule has 1 heterocycles. The van der Waals surface area contributed by atoms with Crippen LogP contribution >= 0.6 is 0 Å². The highest BCUT2D eigenvalue weighted by atomic mass is 16.6. The van der Waals surface area contributed by atoms with E-state index in [1.807, 2.05) is 0 Å².